The van der Waals surface area contributed by atoms with Gasteiger partial charge in [-0.3, -0.25) is 0 Å². The van der Waals surface area contributed by atoms with Gasteiger partial charge in [0.25, 0.3) is 0 Å². The monoisotopic (exact) mass is 283 g/mol. The Labute approximate surface area is 124 Å². The standard InChI is InChI=1S/C17H33NO2/c1-5-18-15-7-6-14(17(2,3)4)10-16(15)20-12-13-8-9-19-11-13/h13-16,18H,5-12H2,1-4H3. The summed E-state index contributed by atoms with van der Waals surface area (Å²) in [4.78, 5) is 0. The van der Waals surface area contributed by atoms with Crippen LogP contribution in [0.4, 0.5) is 0 Å². The van der Waals surface area contributed by atoms with E-state index < -0.39 is 0 Å². The Balaban J connectivity index is 1.88. The van der Waals surface area contributed by atoms with Crippen molar-refractivity contribution in [1.29, 1.82) is 0 Å². The molecular formula is C17H33NO2. The Hall–Kier alpha value is -0.120. The summed E-state index contributed by atoms with van der Waals surface area (Å²) in [5, 5.41) is 3.63. The van der Waals surface area contributed by atoms with Gasteiger partial charge in [-0.25, -0.2) is 0 Å². The zero-order chi connectivity index (χ0) is 14.6. The van der Waals surface area contributed by atoms with E-state index in [1.54, 1.807) is 0 Å². The van der Waals surface area contributed by atoms with Crippen LogP contribution in [0.2, 0.25) is 0 Å². The van der Waals surface area contributed by atoms with E-state index in [9.17, 15) is 0 Å². The smallest absolute Gasteiger partial charge is 0.0731 e. The van der Waals surface area contributed by atoms with Crippen LogP contribution >= 0.6 is 0 Å². The fourth-order valence-corrected chi connectivity index (χ4v) is 3.57. The second kappa shape index (κ2) is 7.24. The average molecular weight is 283 g/mol. The van der Waals surface area contributed by atoms with E-state index in [0.717, 1.165) is 32.3 Å². The van der Waals surface area contributed by atoms with Crippen LogP contribution in [0.25, 0.3) is 0 Å². The molecule has 1 saturated carbocycles. The van der Waals surface area contributed by atoms with Crippen molar-refractivity contribution in [2.24, 2.45) is 17.3 Å². The SMILES string of the molecule is CCNC1CCC(C(C)(C)C)CC1OCC1CCOC1. The maximum Gasteiger partial charge on any atom is 0.0731 e. The predicted molar refractivity (Wildman–Crippen MR) is 82.9 cm³/mol. The van der Waals surface area contributed by atoms with Crippen molar-refractivity contribution in [2.75, 3.05) is 26.4 Å². The second-order valence-electron chi connectivity index (χ2n) is 7.64. The molecule has 4 unspecified atom stereocenters. The molecule has 1 heterocycles. The van der Waals surface area contributed by atoms with Crippen LogP contribution in [0.5, 0.6) is 0 Å². The molecule has 0 aromatic heterocycles. The van der Waals surface area contributed by atoms with Gasteiger partial charge in [-0.15, -0.1) is 0 Å². The van der Waals surface area contributed by atoms with Gasteiger partial charge in [-0.2, -0.15) is 0 Å². The van der Waals surface area contributed by atoms with Crippen LogP contribution in [-0.2, 0) is 9.47 Å². The molecule has 1 aliphatic carbocycles. The van der Waals surface area contributed by atoms with Crippen molar-refractivity contribution in [3.05, 3.63) is 0 Å². The van der Waals surface area contributed by atoms with Gasteiger partial charge in [-0.05, 0) is 43.6 Å². The first-order chi connectivity index (χ1) is 9.50. The molecular weight excluding hydrogens is 250 g/mol. The van der Waals surface area contributed by atoms with E-state index in [2.05, 4.69) is 33.0 Å². The van der Waals surface area contributed by atoms with E-state index in [1.807, 2.05) is 0 Å². The minimum Gasteiger partial charge on any atom is -0.381 e. The third-order valence-corrected chi connectivity index (χ3v) is 5.05. The highest BCUT2D eigenvalue weighted by Gasteiger charge is 2.36. The molecule has 0 spiro atoms. The highest BCUT2D eigenvalue weighted by Crippen LogP contribution is 2.39. The van der Waals surface area contributed by atoms with Crippen LogP contribution < -0.4 is 5.32 Å². The number of nitrogens with one attached hydrogen (secondary N) is 1. The first-order valence-corrected chi connectivity index (χ1v) is 8.43. The van der Waals surface area contributed by atoms with Crippen molar-refractivity contribution in [3.63, 3.8) is 0 Å². The summed E-state index contributed by atoms with van der Waals surface area (Å²) in [6.45, 7) is 13.0. The topological polar surface area (TPSA) is 30.5 Å². The summed E-state index contributed by atoms with van der Waals surface area (Å²) < 4.78 is 11.8. The molecule has 2 rings (SSSR count). The summed E-state index contributed by atoms with van der Waals surface area (Å²) in [5.74, 6) is 1.40. The summed E-state index contributed by atoms with van der Waals surface area (Å²) in [6.07, 6.45) is 5.33. The van der Waals surface area contributed by atoms with E-state index in [4.69, 9.17) is 9.47 Å². The van der Waals surface area contributed by atoms with Crippen molar-refractivity contribution in [3.8, 4) is 0 Å². The molecule has 20 heavy (non-hydrogen) atoms. The number of rotatable bonds is 5. The highest BCUT2D eigenvalue weighted by molar-refractivity contribution is 4.90. The molecule has 2 aliphatic rings. The van der Waals surface area contributed by atoms with Gasteiger partial charge in [0.2, 0.25) is 0 Å². The van der Waals surface area contributed by atoms with E-state index in [0.29, 0.717) is 23.5 Å². The zero-order valence-electron chi connectivity index (χ0n) is 13.8. The van der Waals surface area contributed by atoms with Crippen molar-refractivity contribution < 1.29 is 9.47 Å². The van der Waals surface area contributed by atoms with Crippen LogP contribution in [0, 0.1) is 17.3 Å². The first kappa shape index (κ1) is 16.3. The first-order valence-electron chi connectivity index (χ1n) is 8.43. The van der Waals surface area contributed by atoms with Crippen LogP contribution in [0.3, 0.4) is 0 Å². The van der Waals surface area contributed by atoms with Gasteiger partial charge >= 0.3 is 0 Å². The molecule has 1 N–H and O–H groups in total. The Bertz CT molecular complexity index is 281. The van der Waals surface area contributed by atoms with Gasteiger partial charge in [0.05, 0.1) is 19.3 Å². The zero-order valence-corrected chi connectivity index (χ0v) is 13.8. The van der Waals surface area contributed by atoms with E-state index >= 15 is 0 Å². The number of ether oxygens (including phenoxy) is 2. The normalized spacial score (nSPS) is 35.4. The average Bonchev–Trinajstić information content (AvgIpc) is 2.89. The third-order valence-electron chi connectivity index (χ3n) is 5.05. The Kier molecular flexibility index (Phi) is 5.88. The Morgan fingerprint density at radius 2 is 2.00 bits per heavy atom. The van der Waals surface area contributed by atoms with Gasteiger partial charge in [0.15, 0.2) is 0 Å². The van der Waals surface area contributed by atoms with E-state index in [-0.39, 0.29) is 0 Å². The van der Waals surface area contributed by atoms with Gasteiger partial charge in [-0.1, -0.05) is 27.7 Å². The number of hydrogen-bond donors (Lipinski definition) is 1. The molecule has 4 atom stereocenters. The summed E-state index contributed by atoms with van der Waals surface area (Å²) in [6, 6.07) is 0.543. The molecule has 3 heteroatoms. The van der Waals surface area contributed by atoms with Crippen LogP contribution in [-0.4, -0.2) is 38.5 Å². The molecule has 118 valence electrons. The second-order valence-corrected chi connectivity index (χ2v) is 7.64. The van der Waals surface area contributed by atoms with Crippen molar-refractivity contribution in [1.82, 2.24) is 5.32 Å². The largest absolute Gasteiger partial charge is 0.381 e. The molecule has 1 aliphatic heterocycles. The molecule has 0 amide bonds. The van der Waals surface area contributed by atoms with Gasteiger partial charge < -0.3 is 14.8 Å². The molecule has 0 aromatic rings. The number of hydrogen-bond acceptors (Lipinski definition) is 3. The fourth-order valence-electron chi connectivity index (χ4n) is 3.57. The van der Waals surface area contributed by atoms with Crippen LogP contribution in [0.1, 0.15) is 53.4 Å². The van der Waals surface area contributed by atoms with Crippen molar-refractivity contribution in [2.45, 2.75) is 65.5 Å². The lowest BCUT2D eigenvalue weighted by Gasteiger charge is -2.42. The summed E-state index contributed by atoms with van der Waals surface area (Å²) >= 11 is 0. The van der Waals surface area contributed by atoms with Crippen LogP contribution in [0.15, 0.2) is 0 Å². The Morgan fingerprint density at radius 3 is 2.60 bits per heavy atom. The van der Waals surface area contributed by atoms with Gasteiger partial charge in [0.1, 0.15) is 0 Å². The summed E-state index contributed by atoms with van der Waals surface area (Å²) in [7, 11) is 0. The molecule has 0 aromatic carbocycles. The lowest BCUT2D eigenvalue weighted by Crippen LogP contribution is -2.47. The maximum absolute atomic E-state index is 6.31. The lowest BCUT2D eigenvalue weighted by molar-refractivity contribution is -0.0409. The third kappa shape index (κ3) is 4.44. The predicted octanol–water partition coefficient (Wildman–Crippen LogP) is 3.23. The molecule has 0 radical (unpaired) electrons. The molecule has 0 bridgehead atoms. The highest BCUT2D eigenvalue weighted by atomic mass is 16.5. The quantitative estimate of drug-likeness (QED) is 0.840. The van der Waals surface area contributed by atoms with Crippen molar-refractivity contribution >= 4 is 0 Å². The lowest BCUT2D eigenvalue weighted by atomic mass is 9.70. The summed E-state index contributed by atoms with van der Waals surface area (Å²) in [5.41, 5.74) is 0.398. The number of likely N-dealkylation sites (N-methyl/N-ethyl adjacent to an activating group) is 1. The fraction of sp³-hybridized carbons (Fsp3) is 1.00. The Morgan fingerprint density at radius 1 is 1.20 bits per heavy atom. The minimum absolute atomic E-state index is 0.383. The minimum atomic E-state index is 0.383. The van der Waals surface area contributed by atoms with E-state index in [1.165, 1.54) is 25.7 Å². The molecule has 2 fully saturated rings. The maximum atomic E-state index is 6.31. The van der Waals surface area contributed by atoms with Gasteiger partial charge in [0, 0.05) is 18.6 Å². The molecule has 1 saturated heterocycles. The molecule has 3 nitrogen and oxygen atoms in total.